The normalized spacial score (nSPS) is 10.0. The largest absolute Gasteiger partial charge is 0.497 e. The first-order valence-corrected chi connectivity index (χ1v) is 7.51. The van der Waals surface area contributed by atoms with Crippen molar-refractivity contribution in [1.29, 1.82) is 0 Å². The summed E-state index contributed by atoms with van der Waals surface area (Å²) in [6, 6.07) is 14.5. The molecule has 0 atom stereocenters. The molecule has 0 aromatic heterocycles. The Kier molecular flexibility index (Phi) is 6.19. The number of rotatable bonds is 8. The van der Waals surface area contributed by atoms with Crippen molar-refractivity contribution < 1.29 is 19.1 Å². The molecule has 0 fully saturated rings. The third-order valence-corrected chi connectivity index (χ3v) is 3.39. The van der Waals surface area contributed by atoms with Crippen LogP contribution in [0.3, 0.4) is 0 Å². The van der Waals surface area contributed by atoms with E-state index < -0.39 is 5.91 Å². The molecule has 0 aliphatic carbocycles. The number of hydrogen-bond acceptors (Lipinski definition) is 4. The highest BCUT2D eigenvalue weighted by Crippen LogP contribution is 2.24. The van der Waals surface area contributed by atoms with Crippen LogP contribution in [-0.2, 0) is 11.2 Å². The van der Waals surface area contributed by atoms with Gasteiger partial charge in [0.15, 0.2) is 6.61 Å². The monoisotopic (exact) mass is 328 g/mol. The first-order chi connectivity index (χ1) is 11.6. The van der Waals surface area contributed by atoms with E-state index in [1.807, 2.05) is 30.3 Å². The third-order valence-electron chi connectivity index (χ3n) is 3.39. The van der Waals surface area contributed by atoms with Gasteiger partial charge in [-0.25, -0.2) is 0 Å². The maximum Gasteiger partial charge on any atom is 0.257 e. The Bertz CT molecular complexity index is 701. The Morgan fingerprint density at radius 3 is 2.54 bits per heavy atom. The zero-order valence-corrected chi connectivity index (χ0v) is 13.5. The Labute approximate surface area is 140 Å². The lowest BCUT2D eigenvalue weighted by Gasteiger charge is -2.11. The van der Waals surface area contributed by atoms with Crippen LogP contribution in [-0.4, -0.2) is 32.1 Å². The summed E-state index contributed by atoms with van der Waals surface area (Å²) in [5.74, 6) is -0.166. The SMILES string of the molecule is COc1ccc(C(N)=O)c(OCC(=O)NCCc2ccccc2)c1. The lowest BCUT2D eigenvalue weighted by Crippen LogP contribution is -2.31. The van der Waals surface area contributed by atoms with Crippen molar-refractivity contribution in [3.8, 4) is 11.5 Å². The summed E-state index contributed by atoms with van der Waals surface area (Å²) in [7, 11) is 1.50. The van der Waals surface area contributed by atoms with E-state index in [1.54, 1.807) is 6.07 Å². The average molecular weight is 328 g/mol. The fourth-order valence-corrected chi connectivity index (χ4v) is 2.14. The van der Waals surface area contributed by atoms with E-state index in [9.17, 15) is 9.59 Å². The maximum atomic E-state index is 11.9. The zero-order valence-electron chi connectivity index (χ0n) is 13.5. The predicted octanol–water partition coefficient (Wildman–Crippen LogP) is 1.53. The van der Waals surface area contributed by atoms with Crippen molar-refractivity contribution in [3.63, 3.8) is 0 Å². The molecule has 6 heteroatoms. The highest BCUT2D eigenvalue weighted by molar-refractivity contribution is 5.96. The van der Waals surface area contributed by atoms with Gasteiger partial charge in [0.25, 0.3) is 11.8 Å². The molecule has 6 nitrogen and oxygen atoms in total. The topological polar surface area (TPSA) is 90.7 Å². The van der Waals surface area contributed by atoms with Gasteiger partial charge in [-0.2, -0.15) is 0 Å². The summed E-state index contributed by atoms with van der Waals surface area (Å²) < 4.78 is 10.5. The van der Waals surface area contributed by atoms with Crippen molar-refractivity contribution in [2.75, 3.05) is 20.3 Å². The Morgan fingerprint density at radius 2 is 1.88 bits per heavy atom. The van der Waals surface area contributed by atoms with Crippen molar-refractivity contribution in [2.24, 2.45) is 5.73 Å². The fraction of sp³-hybridized carbons (Fsp3) is 0.222. The van der Waals surface area contributed by atoms with Crippen molar-refractivity contribution in [2.45, 2.75) is 6.42 Å². The molecule has 2 rings (SSSR count). The molecular weight excluding hydrogens is 308 g/mol. The number of primary amides is 1. The van der Waals surface area contributed by atoms with Crippen LogP contribution in [0.25, 0.3) is 0 Å². The number of amides is 2. The molecule has 0 aliphatic heterocycles. The van der Waals surface area contributed by atoms with Crippen LogP contribution in [0.4, 0.5) is 0 Å². The van der Waals surface area contributed by atoms with Gasteiger partial charge in [0.2, 0.25) is 0 Å². The number of benzene rings is 2. The van der Waals surface area contributed by atoms with Gasteiger partial charge in [-0.05, 0) is 24.1 Å². The van der Waals surface area contributed by atoms with Crippen LogP contribution in [0.2, 0.25) is 0 Å². The van der Waals surface area contributed by atoms with E-state index in [0.717, 1.165) is 12.0 Å². The van der Waals surface area contributed by atoms with Crippen molar-refractivity contribution in [3.05, 3.63) is 59.7 Å². The lowest BCUT2D eigenvalue weighted by molar-refractivity contribution is -0.123. The lowest BCUT2D eigenvalue weighted by atomic mass is 10.1. The van der Waals surface area contributed by atoms with Gasteiger partial charge in [-0.1, -0.05) is 30.3 Å². The highest BCUT2D eigenvalue weighted by atomic mass is 16.5. The molecule has 3 N–H and O–H groups in total. The Balaban J connectivity index is 1.86. The summed E-state index contributed by atoms with van der Waals surface area (Å²) in [5.41, 5.74) is 6.64. The molecule has 0 spiro atoms. The number of methoxy groups -OCH3 is 1. The van der Waals surface area contributed by atoms with E-state index in [-0.39, 0.29) is 23.8 Å². The van der Waals surface area contributed by atoms with Gasteiger partial charge < -0.3 is 20.5 Å². The number of nitrogens with two attached hydrogens (primary N) is 1. The van der Waals surface area contributed by atoms with Crippen LogP contribution in [0.5, 0.6) is 11.5 Å². The van der Waals surface area contributed by atoms with Gasteiger partial charge in [0.05, 0.1) is 12.7 Å². The number of carbonyl (C=O) groups excluding carboxylic acids is 2. The number of nitrogens with one attached hydrogen (secondary N) is 1. The molecule has 0 unspecified atom stereocenters. The van der Waals surface area contributed by atoms with Crippen LogP contribution < -0.4 is 20.5 Å². The Morgan fingerprint density at radius 1 is 1.12 bits per heavy atom. The van der Waals surface area contributed by atoms with Gasteiger partial charge in [0.1, 0.15) is 11.5 Å². The molecular formula is C18H20N2O4. The molecule has 0 radical (unpaired) electrons. The molecule has 126 valence electrons. The number of carbonyl (C=O) groups is 2. The summed E-state index contributed by atoms with van der Waals surface area (Å²) in [4.78, 5) is 23.3. The summed E-state index contributed by atoms with van der Waals surface area (Å²) in [6.07, 6.45) is 0.734. The predicted molar refractivity (Wildman–Crippen MR) is 90.2 cm³/mol. The van der Waals surface area contributed by atoms with Crippen LogP contribution >= 0.6 is 0 Å². The van der Waals surface area contributed by atoms with E-state index in [2.05, 4.69) is 5.32 Å². The second-order valence-electron chi connectivity index (χ2n) is 5.10. The average Bonchev–Trinajstić information content (AvgIpc) is 2.60. The van der Waals surface area contributed by atoms with Crippen LogP contribution in [0.15, 0.2) is 48.5 Å². The smallest absolute Gasteiger partial charge is 0.257 e. The molecule has 0 heterocycles. The van der Waals surface area contributed by atoms with E-state index in [4.69, 9.17) is 15.2 Å². The molecule has 2 aromatic rings. The van der Waals surface area contributed by atoms with Crippen molar-refractivity contribution in [1.82, 2.24) is 5.32 Å². The Hall–Kier alpha value is -3.02. The quantitative estimate of drug-likeness (QED) is 0.769. The number of ether oxygens (including phenoxy) is 2. The van der Waals surface area contributed by atoms with Crippen molar-refractivity contribution >= 4 is 11.8 Å². The van der Waals surface area contributed by atoms with Gasteiger partial charge >= 0.3 is 0 Å². The molecule has 2 aromatic carbocycles. The highest BCUT2D eigenvalue weighted by Gasteiger charge is 2.12. The third kappa shape index (κ3) is 5.01. The number of hydrogen-bond donors (Lipinski definition) is 2. The molecule has 0 aliphatic rings. The standard InChI is InChI=1S/C18H20N2O4/c1-23-14-7-8-15(18(19)22)16(11-14)24-12-17(21)20-10-9-13-5-3-2-4-6-13/h2-8,11H,9-10,12H2,1H3,(H2,19,22)(H,20,21). The first kappa shape index (κ1) is 17.3. The fourth-order valence-electron chi connectivity index (χ4n) is 2.14. The van der Waals surface area contributed by atoms with E-state index in [0.29, 0.717) is 12.3 Å². The minimum atomic E-state index is -0.628. The summed E-state index contributed by atoms with van der Waals surface area (Å²) in [5, 5.41) is 2.77. The van der Waals surface area contributed by atoms with E-state index >= 15 is 0 Å². The van der Waals surface area contributed by atoms with Gasteiger partial charge in [0, 0.05) is 12.6 Å². The minimum absolute atomic E-state index is 0.202. The van der Waals surface area contributed by atoms with Gasteiger partial charge in [-0.3, -0.25) is 9.59 Å². The first-order valence-electron chi connectivity index (χ1n) is 7.51. The van der Waals surface area contributed by atoms with E-state index in [1.165, 1.54) is 19.2 Å². The second-order valence-corrected chi connectivity index (χ2v) is 5.10. The molecule has 0 saturated carbocycles. The maximum absolute atomic E-state index is 11.9. The summed E-state index contributed by atoms with van der Waals surface area (Å²) in [6.45, 7) is 0.301. The molecule has 0 bridgehead atoms. The zero-order chi connectivity index (χ0) is 17.4. The molecule has 24 heavy (non-hydrogen) atoms. The summed E-state index contributed by atoms with van der Waals surface area (Å²) >= 11 is 0. The second kappa shape index (κ2) is 8.57. The molecule has 2 amide bonds. The molecule has 0 saturated heterocycles. The van der Waals surface area contributed by atoms with Crippen LogP contribution in [0.1, 0.15) is 15.9 Å². The van der Waals surface area contributed by atoms with Gasteiger partial charge in [-0.15, -0.1) is 0 Å². The van der Waals surface area contributed by atoms with Crippen LogP contribution in [0, 0.1) is 0 Å². The minimum Gasteiger partial charge on any atom is -0.497 e.